The molecule has 0 saturated heterocycles. The number of pyridine rings is 1. The fourth-order valence-corrected chi connectivity index (χ4v) is 1.65. The minimum Gasteiger partial charge on any atom is -0.477 e. The topological polar surface area (TPSA) is 59.3 Å². The second-order valence-corrected chi connectivity index (χ2v) is 3.90. The van der Waals surface area contributed by atoms with E-state index in [9.17, 15) is 18.4 Å². The first-order valence-electron chi connectivity index (χ1n) is 5.35. The molecule has 0 bridgehead atoms. The normalized spacial score (nSPS) is 10.4. The van der Waals surface area contributed by atoms with Crippen LogP contribution in [0.3, 0.4) is 0 Å². The third-order valence-corrected chi connectivity index (χ3v) is 2.61. The molecule has 0 atom stereocenters. The van der Waals surface area contributed by atoms with Crippen LogP contribution in [0, 0.1) is 11.6 Å². The molecule has 0 spiro atoms. The predicted molar refractivity (Wildman–Crippen MR) is 63.1 cm³/mol. The van der Waals surface area contributed by atoms with Gasteiger partial charge in [0.2, 0.25) is 0 Å². The summed E-state index contributed by atoms with van der Waals surface area (Å²) in [5, 5.41) is 8.80. The van der Waals surface area contributed by atoms with E-state index in [4.69, 9.17) is 5.11 Å². The monoisotopic (exact) mass is 265 g/mol. The molecule has 0 saturated carbocycles. The fraction of sp³-hybridized carbons (Fsp3) is 0.0769. The Labute approximate surface area is 106 Å². The average Bonchev–Trinajstić information content (AvgIpc) is 2.35. The highest BCUT2D eigenvalue weighted by atomic mass is 19.1. The lowest BCUT2D eigenvalue weighted by molar-refractivity contribution is 0.0694. The van der Waals surface area contributed by atoms with Gasteiger partial charge >= 0.3 is 5.97 Å². The molecule has 1 N–H and O–H groups in total. The molecule has 0 aliphatic carbocycles. The minimum atomic E-state index is -1.38. The van der Waals surface area contributed by atoms with Crippen molar-refractivity contribution in [1.82, 2.24) is 4.57 Å². The van der Waals surface area contributed by atoms with Gasteiger partial charge in [-0.1, -0.05) is 6.07 Å². The van der Waals surface area contributed by atoms with Gasteiger partial charge < -0.3 is 9.67 Å². The Balaban J connectivity index is 2.42. The number of hydrogen-bond donors (Lipinski definition) is 1. The van der Waals surface area contributed by atoms with Gasteiger partial charge in [0.05, 0.1) is 6.54 Å². The smallest absolute Gasteiger partial charge is 0.341 e. The van der Waals surface area contributed by atoms with E-state index in [1.165, 1.54) is 16.8 Å². The number of nitrogens with zero attached hydrogens (tertiary/aromatic N) is 1. The quantitative estimate of drug-likeness (QED) is 0.921. The molecule has 6 heteroatoms. The molecular formula is C13H9F2NO3. The first-order chi connectivity index (χ1) is 8.99. The Morgan fingerprint density at radius 3 is 2.42 bits per heavy atom. The Kier molecular flexibility index (Phi) is 3.41. The molecule has 4 nitrogen and oxygen atoms in total. The molecule has 19 heavy (non-hydrogen) atoms. The van der Waals surface area contributed by atoms with E-state index in [0.717, 1.165) is 24.4 Å². The fourth-order valence-electron chi connectivity index (χ4n) is 1.65. The van der Waals surface area contributed by atoms with Crippen molar-refractivity contribution in [3.05, 3.63) is 69.6 Å². The van der Waals surface area contributed by atoms with Gasteiger partial charge in [-0.3, -0.25) is 4.79 Å². The van der Waals surface area contributed by atoms with Crippen LogP contribution in [0.25, 0.3) is 0 Å². The van der Waals surface area contributed by atoms with Crippen molar-refractivity contribution in [3.63, 3.8) is 0 Å². The molecular weight excluding hydrogens is 256 g/mol. The second kappa shape index (κ2) is 5.01. The zero-order valence-corrected chi connectivity index (χ0v) is 9.64. The first-order valence-corrected chi connectivity index (χ1v) is 5.35. The zero-order chi connectivity index (χ0) is 14.0. The number of hydrogen-bond acceptors (Lipinski definition) is 2. The standard InChI is InChI=1S/C13H9F2NO3/c14-10-2-1-3-11(15)8(10)6-16-5-4-12(17)9(7-16)13(18)19/h1-5,7H,6H2,(H,18,19). The summed E-state index contributed by atoms with van der Waals surface area (Å²) in [5.41, 5.74) is -1.29. The summed E-state index contributed by atoms with van der Waals surface area (Å²) < 4.78 is 28.1. The molecule has 1 aromatic carbocycles. The number of benzene rings is 1. The number of carboxylic acids is 1. The van der Waals surface area contributed by atoms with Crippen molar-refractivity contribution in [2.75, 3.05) is 0 Å². The number of rotatable bonds is 3. The molecule has 98 valence electrons. The van der Waals surface area contributed by atoms with Gasteiger partial charge in [0.15, 0.2) is 5.43 Å². The van der Waals surface area contributed by atoms with Crippen molar-refractivity contribution in [3.8, 4) is 0 Å². The third kappa shape index (κ3) is 2.67. The molecule has 0 aliphatic heterocycles. The van der Waals surface area contributed by atoms with Crippen molar-refractivity contribution >= 4 is 5.97 Å². The van der Waals surface area contributed by atoms with Crippen LogP contribution in [-0.2, 0) is 6.54 Å². The van der Waals surface area contributed by atoms with E-state index in [1.54, 1.807) is 0 Å². The van der Waals surface area contributed by atoms with Gasteiger partial charge in [-0.2, -0.15) is 0 Å². The zero-order valence-electron chi connectivity index (χ0n) is 9.64. The third-order valence-electron chi connectivity index (χ3n) is 2.61. The lowest BCUT2D eigenvalue weighted by Gasteiger charge is -2.09. The summed E-state index contributed by atoms with van der Waals surface area (Å²) in [4.78, 5) is 22.1. The highest BCUT2D eigenvalue weighted by molar-refractivity contribution is 5.86. The molecule has 0 unspecified atom stereocenters. The number of aromatic nitrogens is 1. The molecule has 0 amide bonds. The summed E-state index contributed by atoms with van der Waals surface area (Å²) >= 11 is 0. The predicted octanol–water partition coefficient (Wildman–Crippen LogP) is 1.87. The largest absolute Gasteiger partial charge is 0.477 e. The van der Waals surface area contributed by atoms with Crippen LogP contribution in [0.1, 0.15) is 15.9 Å². The van der Waals surface area contributed by atoms with Crippen molar-refractivity contribution < 1.29 is 18.7 Å². The van der Waals surface area contributed by atoms with E-state index < -0.39 is 28.6 Å². The number of carboxylic acid groups (broad SMARTS) is 1. The van der Waals surface area contributed by atoms with Gasteiger partial charge in [-0.15, -0.1) is 0 Å². The van der Waals surface area contributed by atoms with Crippen LogP contribution in [0.2, 0.25) is 0 Å². The lowest BCUT2D eigenvalue weighted by atomic mass is 10.2. The summed E-state index contributed by atoms with van der Waals surface area (Å²) in [6, 6.07) is 4.50. The number of halogens is 2. The van der Waals surface area contributed by atoms with E-state index in [0.29, 0.717) is 0 Å². The van der Waals surface area contributed by atoms with E-state index in [1.807, 2.05) is 0 Å². The van der Waals surface area contributed by atoms with Gasteiger partial charge in [-0.25, -0.2) is 13.6 Å². The molecule has 1 heterocycles. The molecule has 0 fully saturated rings. The molecule has 2 rings (SSSR count). The minimum absolute atomic E-state index is 0.192. The van der Waals surface area contributed by atoms with E-state index in [-0.39, 0.29) is 12.1 Å². The molecule has 0 aliphatic rings. The summed E-state index contributed by atoms with van der Waals surface area (Å²) in [6.45, 7) is -0.195. The van der Waals surface area contributed by atoms with Crippen LogP contribution in [0.15, 0.2) is 41.5 Å². The summed E-state index contributed by atoms with van der Waals surface area (Å²) in [7, 11) is 0. The van der Waals surface area contributed by atoms with Gasteiger partial charge in [-0.05, 0) is 12.1 Å². The van der Waals surface area contributed by atoms with Crippen molar-refractivity contribution in [1.29, 1.82) is 0 Å². The van der Waals surface area contributed by atoms with E-state index in [2.05, 4.69) is 0 Å². The highest BCUT2D eigenvalue weighted by Gasteiger charge is 2.11. The van der Waals surface area contributed by atoms with Crippen LogP contribution in [-0.4, -0.2) is 15.6 Å². The Morgan fingerprint density at radius 2 is 1.84 bits per heavy atom. The number of aromatic carboxylic acids is 1. The Hall–Kier alpha value is -2.50. The second-order valence-electron chi connectivity index (χ2n) is 3.90. The SMILES string of the molecule is O=C(O)c1cn(Cc2c(F)cccc2F)ccc1=O. The van der Waals surface area contributed by atoms with Gasteiger partial charge in [0, 0.05) is 24.0 Å². The molecule has 2 aromatic rings. The average molecular weight is 265 g/mol. The van der Waals surface area contributed by atoms with Crippen molar-refractivity contribution in [2.45, 2.75) is 6.54 Å². The highest BCUT2D eigenvalue weighted by Crippen LogP contribution is 2.13. The summed E-state index contributed by atoms with van der Waals surface area (Å²) in [6.07, 6.45) is 2.33. The van der Waals surface area contributed by atoms with Gasteiger partial charge in [0.25, 0.3) is 0 Å². The van der Waals surface area contributed by atoms with Gasteiger partial charge in [0.1, 0.15) is 17.2 Å². The first kappa shape index (κ1) is 12.9. The van der Waals surface area contributed by atoms with E-state index >= 15 is 0 Å². The maximum Gasteiger partial charge on any atom is 0.341 e. The Morgan fingerprint density at radius 1 is 1.21 bits per heavy atom. The van der Waals surface area contributed by atoms with Crippen LogP contribution in [0.5, 0.6) is 0 Å². The Bertz CT molecular complexity index is 674. The van der Waals surface area contributed by atoms with Crippen molar-refractivity contribution in [2.24, 2.45) is 0 Å². The van der Waals surface area contributed by atoms with Crippen LogP contribution < -0.4 is 5.43 Å². The maximum absolute atomic E-state index is 13.4. The number of carbonyl (C=O) groups is 1. The maximum atomic E-state index is 13.4. The summed E-state index contributed by atoms with van der Waals surface area (Å²) in [5.74, 6) is -2.83. The molecule has 1 aromatic heterocycles. The van der Waals surface area contributed by atoms with Crippen LogP contribution >= 0.6 is 0 Å². The van der Waals surface area contributed by atoms with Crippen LogP contribution in [0.4, 0.5) is 8.78 Å². The lowest BCUT2D eigenvalue weighted by Crippen LogP contribution is -2.17. The molecule has 0 radical (unpaired) electrons.